The zero-order valence-electron chi connectivity index (χ0n) is 18.9. The number of allylic oxidation sites excluding steroid dienone is 1. The number of carbonyl (C=O) groups is 1. The first kappa shape index (κ1) is 22.6. The molecule has 1 N–H and O–H groups in total. The maximum atomic E-state index is 12.5. The summed E-state index contributed by atoms with van der Waals surface area (Å²) in [7, 11) is 1.95. The second-order valence-electron chi connectivity index (χ2n) is 9.10. The number of amides is 1. The lowest BCUT2D eigenvalue weighted by atomic mass is 9.87. The molecule has 1 amide bonds. The molecule has 0 spiro atoms. The molecule has 0 saturated carbocycles. The van der Waals surface area contributed by atoms with E-state index in [1.807, 2.05) is 18.5 Å². The summed E-state index contributed by atoms with van der Waals surface area (Å²) < 4.78 is 1.97. The van der Waals surface area contributed by atoms with Gasteiger partial charge < -0.3 is 9.88 Å². The van der Waals surface area contributed by atoms with Gasteiger partial charge in [0, 0.05) is 19.2 Å². The lowest BCUT2D eigenvalue weighted by Gasteiger charge is -2.19. The fourth-order valence-corrected chi connectivity index (χ4v) is 4.46. The Balaban J connectivity index is 1.57. The van der Waals surface area contributed by atoms with Crippen molar-refractivity contribution in [3.8, 4) is 11.4 Å². The largest absolute Gasteiger partial charge is 0.355 e. The van der Waals surface area contributed by atoms with Gasteiger partial charge in [0.1, 0.15) is 0 Å². The van der Waals surface area contributed by atoms with Gasteiger partial charge in [0.15, 0.2) is 11.0 Å². The molecule has 1 aromatic carbocycles. The SMILES string of the molecule is C[C@@H](Sc1nnc(-c2ccc(C(C)(C)C)cc2)n1C)C(=O)NCCC1=CCCCC1. The highest BCUT2D eigenvalue weighted by Gasteiger charge is 2.20. The summed E-state index contributed by atoms with van der Waals surface area (Å²) in [6, 6.07) is 8.48. The Kier molecular flexibility index (Phi) is 7.40. The van der Waals surface area contributed by atoms with E-state index in [1.54, 1.807) is 0 Å². The predicted molar refractivity (Wildman–Crippen MR) is 125 cm³/mol. The average molecular weight is 427 g/mol. The Hall–Kier alpha value is -2.08. The van der Waals surface area contributed by atoms with Gasteiger partial charge in [-0.15, -0.1) is 10.2 Å². The number of benzene rings is 1. The first-order chi connectivity index (χ1) is 14.3. The van der Waals surface area contributed by atoms with Crippen molar-refractivity contribution >= 4 is 17.7 Å². The molecule has 1 atom stereocenters. The highest BCUT2D eigenvalue weighted by atomic mass is 32.2. The van der Waals surface area contributed by atoms with Crippen LogP contribution < -0.4 is 5.32 Å². The van der Waals surface area contributed by atoms with Crippen LogP contribution in [0, 0.1) is 0 Å². The van der Waals surface area contributed by atoms with Gasteiger partial charge in [0.2, 0.25) is 5.91 Å². The van der Waals surface area contributed by atoms with Crippen molar-refractivity contribution in [2.45, 2.75) is 75.6 Å². The number of hydrogen-bond donors (Lipinski definition) is 1. The molecule has 1 aromatic heterocycles. The van der Waals surface area contributed by atoms with E-state index in [1.165, 1.54) is 48.6 Å². The third-order valence-electron chi connectivity index (χ3n) is 5.63. The molecule has 0 radical (unpaired) electrons. The molecule has 0 bridgehead atoms. The predicted octanol–water partition coefficient (Wildman–Crippen LogP) is 5.27. The Morgan fingerprint density at radius 2 is 1.93 bits per heavy atom. The number of aromatic nitrogens is 3. The van der Waals surface area contributed by atoms with Gasteiger partial charge in [0.05, 0.1) is 5.25 Å². The second-order valence-corrected chi connectivity index (χ2v) is 10.4. The van der Waals surface area contributed by atoms with Gasteiger partial charge in [0.25, 0.3) is 0 Å². The van der Waals surface area contributed by atoms with E-state index >= 15 is 0 Å². The second kappa shape index (κ2) is 9.82. The third-order valence-corrected chi connectivity index (χ3v) is 6.76. The summed E-state index contributed by atoms with van der Waals surface area (Å²) in [5.74, 6) is 0.866. The molecule has 0 aliphatic heterocycles. The molecular formula is C24H34N4OS. The fraction of sp³-hybridized carbons (Fsp3) is 0.542. The molecular weight excluding hydrogens is 392 g/mol. The normalized spacial score (nSPS) is 15.6. The van der Waals surface area contributed by atoms with Crippen molar-refractivity contribution < 1.29 is 4.79 Å². The molecule has 0 unspecified atom stereocenters. The topological polar surface area (TPSA) is 59.8 Å². The van der Waals surface area contributed by atoms with Crippen LogP contribution in [0.1, 0.15) is 65.4 Å². The first-order valence-electron chi connectivity index (χ1n) is 10.9. The standard InChI is InChI=1S/C24H34N4OS/c1-17(22(29)25-16-15-18-9-7-6-8-10-18)30-23-27-26-21(28(23)5)19-11-13-20(14-12-19)24(2,3)4/h9,11-14,17H,6-8,10,15-16H2,1-5H3,(H,25,29)/t17-/m1/s1. The molecule has 6 heteroatoms. The van der Waals surface area contributed by atoms with E-state index in [-0.39, 0.29) is 16.6 Å². The third kappa shape index (κ3) is 5.75. The molecule has 1 aliphatic rings. The summed E-state index contributed by atoms with van der Waals surface area (Å²) >= 11 is 1.45. The maximum absolute atomic E-state index is 12.5. The summed E-state index contributed by atoms with van der Waals surface area (Å²) in [4.78, 5) is 12.5. The number of thioether (sulfide) groups is 1. The van der Waals surface area contributed by atoms with Crippen LogP contribution in [0.5, 0.6) is 0 Å². The molecule has 5 nitrogen and oxygen atoms in total. The molecule has 2 aromatic rings. The minimum absolute atomic E-state index is 0.0514. The van der Waals surface area contributed by atoms with Gasteiger partial charge >= 0.3 is 0 Å². The Labute approximate surface area is 184 Å². The molecule has 1 aliphatic carbocycles. The Morgan fingerprint density at radius 1 is 1.20 bits per heavy atom. The molecule has 3 rings (SSSR count). The molecule has 0 fully saturated rings. The number of carbonyl (C=O) groups excluding carboxylic acids is 1. The quantitative estimate of drug-likeness (QED) is 0.484. The van der Waals surface area contributed by atoms with E-state index in [9.17, 15) is 4.79 Å². The lowest BCUT2D eigenvalue weighted by molar-refractivity contribution is -0.120. The van der Waals surface area contributed by atoms with Gasteiger partial charge in [-0.2, -0.15) is 0 Å². The zero-order valence-corrected chi connectivity index (χ0v) is 19.7. The zero-order chi connectivity index (χ0) is 21.7. The van der Waals surface area contributed by atoms with Crippen LogP contribution in [0.25, 0.3) is 11.4 Å². The van der Waals surface area contributed by atoms with Crippen LogP contribution in [-0.2, 0) is 17.3 Å². The smallest absolute Gasteiger partial charge is 0.233 e. The van der Waals surface area contributed by atoms with Gasteiger partial charge in [-0.25, -0.2) is 0 Å². The summed E-state index contributed by atoms with van der Waals surface area (Å²) in [5.41, 5.74) is 3.92. The van der Waals surface area contributed by atoms with Crippen LogP contribution in [0.15, 0.2) is 41.1 Å². The van der Waals surface area contributed by atoms with Crippen molar-refractivity contribution in [2.75, 3.05) is 6.54 Å². The van der Waals surface area contributed by atoms with Crippen molar-refractivity contribution in [3.05, 3.63) is 41.5 Å². The molecule has 30 heavy (non-hydrogen) atoms. The van der Waals surface area contributed by atoms with E-state index < -0.39 is 0 Å². The molecule has 162 valence electrons. The highest BCUT2D eigenvalue weighted by Crippen LogP contribution is 2.28. The lowest BCUT2D eigenvalue weighted by Crippen LogP contribution is -2.32. The average Bonchev–Trinajstić information content (AvgIpc) is 3.08. The van der Waals surface area contributed by atoms with E-state index in [4.69, 9.17) is 0 Å². The van der Waals surface area contributed by atoms with Crippen LogP contribution in [0.2, 0.25) is 0 Å². The van der Waals surface area contributed by atoms with Crippen molar-refractivity contribution in [2.24, 2.45) is 7.05 Å². The van der Waals surface area contributed by atoms with Crippen LogP contribution in [0.3, 0.4) is 0 Å². The Bertz CT molecular complexity index is 893. The molecule has 1 heterocycles. The number of rotatable bonds is 7. The van der Waals surface area contributed by atoms with E-state index in [0.717, 1.165) is 23.0 Å². The minimum Gasteiger partial charge on any atom is -0.355 e. The van der Waals surface area contributed by atoms with Gasteiger partial charge in [-0.1, -0.05) is 68.4 Å². The van der Waals surface area contributed by atoms with Crippen molar-refractivity contribution in [1.29, 1.82) is 0 Å². The van der Waals surface area contributed by atoms with Crippen molar-refractivity contribution in [1.82, 2.24) is 20.1 Å². The minimum atomic E-state index is -0.218. The monoisotopic (exact) mass is 426 g/mol. The first-order valence-corrected chi connectivity index (χ1v) is 11.8. The number of hydrogen-bond acceptors (Lipinski definition) is 4. The van der Waals surface area contributed by atoms with Gasteiger partial charge in [-0.3, -0.25) is 4.79 Å². The summed E-state index contributed by atoms with van der Waals surface area (Å²) in [5, 5.41) is 12.3. The summed E-state index contributed by atoms with van der Waals surface area (Å²) in [6.45, 7) is 9.25. The number of nitrogens with one attached hydrogen (secondary N) is 1. The maximum Gasteiger partial charge on any atom is 0.233 e. The Morgan fingerprint density at radius 3 is 2.57 bits per heavy atom. The molecule has 0 saturated heterocycles. The van der Waals surface area contributed by atoms with Crippen LogP contribution >= 0.6 is 11.8 Å². The van der Waals surface area contributed by atoms with E-state index in [2.05, 4.69) is 66.6 Å². The highest BCUT2D eigenvalue weighted by molar-refractivity contribution is 8.00. The van der Waals surface area contributed by atoms with Crippen LogP contribution in [0.4, 0.5) is 0 Å². The number of nitrogens with zero attached hydrogens (tertiary/aromatic N) is 3. The fourth-order valence-electron chi connectivity index (χ4n) is 3.62. The van der Waals surface area contributed by atoms with Crippen LogP contribution in [-0.4, -0.2) is 32.5 Å². The summed E-state index contributed by atoms with van der Waals surface area (Å²) in [6.07, 6.45) is 8.23. The van der Waals surface area contributed by atoms with E-state index in [0.29, 0.717) is 6.54 Å². The van der Waals surface area contributed by atoms with Gasteiger partial charge in [-0.05, 0) is 50.0 Å². The van der Waals surface area contributed by atoms with Crippen molar-refractivity contribution in [3.63, 3.8) is 0 Å².